The summed E-state index contributed by atoms with van der Waals surface area (Å²) in [5, 5.41) is 0.560. The van der Waals surface area contributed by atoms with Gasteiger partial charge in [0.15, 0.2) is 0 Å². The molecule has 1 heterocycles. The first-order valence-electron chi connectivity index (χ1n) is 4.18. The SMILES string of the molecule is CC1Oc2ccccc2C(C)S1. The van der Waals surface area contributed by atoms with E-state index in [0.717, 1.165) is 5.75 Å². The lowest BCUT2D eigenvalue weighted by molar-refractivity contribution is 0.297. The van der Waals surface area contributed by atoms with Gasteiger partial charge in [0.1, 0.15) is 11.2 Å². The number of rotatable bonds is 0. The second-order valence-electron chi connectivity index (χ2n) is 3.00. The van der Waals surface area contributed by atoms with E-state index in [1.54, 1.807) is 0 Å². The maximum Gasteiger partial charge on any atom is 0.142 e. The highest BCUT2D eigenvalue weighted by Gasteiger charge is 2.21. The van der Waals surface area contributed by atoms with Crippen LogP contribution in [0.4, 0.5) is 0 Å². The van der Waals surface area contributed by atoms with Crippen LogP contribution in [0.5, 0.6) is 5.75 Å². The molecule has 2 heteroatoms. The zero-order valence-corrected chi connectivity index (χ0v) is 8.10. The highest BCUT2D eigenvalue weighted by atomic mass is 32.2. The van der Waals surface area contributed by atoms with Gasteiger partial charge in [-0.1, -0.05) is 18.2 Å². The summed E-state index contributed by atoms with van der Waals surface area (Å²) in [4.78, 5) is 0. The molecule has 64 valence electrons. The van der Waals surface area contributed by atoms with E-state index in [2.05, 4.69) is 26.0 Å². The second-order valence-corrected chi connectivity index (χ2v) is 4.64. The smallest absolute Gasteiger partial charge is 0.142 e. The Bertz CT molecular complexity index is 285. The summed E-state index contributed by atoms with van der Waals surface area (Å²) >= 11 is 1.86. The minimum Gasteiger partial charge on any atom is -0.480 e. The van der Waals surface area contributed by atoms with E-state index in [-0.39, 0.29) is 5.44 Å². The van der Waals surface area contributed by atoms with Crippen LogP contribution >= 0.6 is 11.8 Å². The molecule has 0 N–H and O–H groups in total. The van der Waals surface area contributed by atoms with Crippen molar-refractivity contribution in [1.82, 2.24) is 0 Å². The van der Waals surface area contributed by atoms with Gasteiger partial charge < -0.3 is 4.74 Å². The van der Waals surface area contributed by atoms with Crippen LogP contribution in [0.25, 0.3) is 0 Å². The van der Waals surface area contributed by atoms with E-state index in [1.165, 1.54) is 5.56 Å². The summed E-state index contributed by atoms with van der Waals surface area (Å²) in [6.07, 6.45) is 0. The van der Waals surface area contributed by atoms with Crippen molar-refractivity contribution in [3.05, 3.63) is 29.8 Å². The standard InChI is InChI=1S/C10H12OS/c1-7-9-5-3-4-6-10(9)11-8(2)12-7/h3-8H,1-2H3. The fourth-order valence-corrected chi connectivity index (χ4v) is 2.57. The Morgan fingerprint density at radius 3 is 2.83 bits per heavy atom. The molecule has 0 fully saturated rings. The van der Waals surface area contributed by atoms with Crippen LogP contribution in [-0.4, -0.2) is 5.44 Å². The van der Waals surface area contributed by atoms with Gasteiger partial charge in [-0.05, 0) is 19.9 Å². The molecule has 0 aromatic heterocycles. The molecular formula is C10H12OS. The summed E-state index contributed by atoms with van der Waals surface area (Å²) in [5.41, 5.74) is 1.61. The quantitative estimate of drug-likeness (QED) is 0.606. The van der Waals surface area contributed by atoms with Gasteiger partial charge in [-0.2, -0.15) is 0 Å². The van der Waals surface area contributed by atoms with Gasteiger partial charge >= 0.3 is 0 Å². The molecule has 0 bridgehead atoms. The van der Waals surface area contributed by atoms with Gasteiger partial charge in [-0.15, -0.1) is 11.8 Å². The van der Waals surface area contributed by atoms with Crippen molar-refractivity contribution in [1.29, 1.82) is 0 Å². The lowest BCUT2D eigenvalue weighted by Gasteiger charge is -2.27. The maximum absolute atomic E-state index is 5.67. The van der Waals surface area contributed by atoms with E-state index in [0.29, 0.717) is 5.25 Å². The van der Waals surface area contributed by atoms with E-state index in [9.17, 15) is 0 Å². The van der Waals surface area contributed by atoms with E-state index >= 15 is 0 Å². The van der Waals surface area contributed by atoms with Gasteiger partial charge in [-0.25, -0.2) is 0 Å². The van der Waals surface area contributed by atoms with Crippen molar-refractivity contribution in [3.8, 4) is 5.75 Å². The number of ether oxygens (including phenoxy) is 1. The Morgan fingerprint density at radius 1 is 1.25 bits per heavy atom. The van der Waals surface area contributed by atoms with Crippen LogP contribution in [-0.2, 0) is 0 Å². The Kier molecular flexibility index (Phi) is 2.01. The van der Waals surface area contributed by atoms with Crippen molar-refractivity contribution in [3.63, 3.8) is 0 Å². The fourth-order valence-electron chi connectivity index (χ4n) is 1.49. The van der Waals surface area contributed by atoms with Gasteiger partial charge in [0.2, 0.25) is 0 Å². The van der Waals surface area contributed by atoms with Crippen LogP contribution in [0, 0.1) is 0 Å². The highest BCUT2D eigenvalue weighted by Crippen LogP contribution is 2.42. The molecular weight excluding hydrogens is 168 g/mol. The van der Waals surface area contributed by atoms with Gasteiger partial charge in [0.05, 0.1) is 0 Å². The predicted molar refractivity (Wildman–Crippen MR) is 52.5 cm³/mol. The highest BCUT2D eigenvalue weighted by molar-refractivity contribution is 8.00. The maximum atomic E-state index is 5.67. The Morgan fingerprint density at radius 2 is 2.00 bits per heavy atom. The normalized spacial score (nSPS) is 27.5. The predicted octanol–water partition coefficient (Wildman–Crippen LogP) is 3.22. The molecule has 0 aliphatic carbocycles. The van der Waals surface area contributed by atoms with Crippen molar-refractivity contribution in [2.24, 2.45) is 0 Å². The third-order valence-electron chi connectivity index (χ3n) is 2.05. The number of para-hydroxylation sites is 1. The van der Waals surface area contributed by atoms with Crippen LogP contribution in [0.1, 0.15) is 24.7 Å². The molecule has 1 aromatic rings. The van der Waals surface area contributed by atoms with E-state index in [1.807, 2.05) is 23.9 Å². The van der Waals surface area contributed by atoms with Gasteiger partial charge in [0.25, 0.3) is 0 Å². The lowest BCUT2D eigenvalue weighted by Crippen LogP contribution is -2.15. The molecule has 2 rings (SSSR count). The third kappa shape index (κ3) is 1.31. The molecule has 0 saturated heterocycles. The van der Waals surface area contributed by atoms with Crippen LogP contribution in [0.15, 0.2) is 24.3 Å². The summed E-state index contributed by atoms with van der Waals surface area (Å²) < 4.78 is 5.67. The molecule has 1 aliphatic rings. The summed E-state index contributed by atoms with van der Waals surface area (Å²) in [6.45, 7) is 4.32. The van der Waals surface area contributed by atoms with Crippen molar-refractivity contribution >= 4 is 11.8 Å². The van der Waals surface area contributed by atoms with Crippen molar-refractivity contribution in [2.45, 2.75) is 24.5 Å². The monoisotopic (exact) mass is 180 g/mol. The fraction of sp³-hybridized carbons (Fsp3) is 0.400. The molecule has 2 atom stereocenters. The average molecular weight is 180 g/mol. The van der Waals surface area contributed by atoms with Gasteiger partial charge in [-0.3, -0.25) is 0 Å². The lowest BCUT2D eigenvalue weighted by atomic mass is 10.1. The summed E-state index contributed by atoms with van der Waals surface area (Å²) in [5.74, 6) is 1.05. The topological polar surface area (TPSA) is 9.23 Å². The molecule has 1 aliphatic heterocycles. The molecule has 1 nitrogen and oxygen atoms in total. The summed E-state index contributed by atoms with van der Waals surface area (Å²) in [7, 11) is 0. The average Bonchev–Trinajstić information content (AvgIpc) is 2.04. The molecule has 0 saturated carbocycles. The van der Waals surface area contributed by atoms with E-state index < -0.39 is 0 Å². The Balaban J connectivity index is 2.40. The number of hydrogen-bond donors (Lipinski definition) is 0. The first kappa shape index (κ1) is 7.99. The Hall–Kier alpha value is -0.630. The van der Waals surface area contributed by atoms with Crippen LogP contribution < -0.4 is 4.74 Å². The van der Waals surface area contributed by atoms with Gasteiger partial charge in [0, 0.05) is 10.8 Å². The van der Waals surface area contributed by atoms with E-state index in [4.69, 9.17) is 4.74 Å². The summed E-state index contributed by atoms with van der Waals surface area (Å²) in [6, 6.07) is 8.27. The molecule has 2 unspecified atom stereocenters. The minimum atomic E-state index is 0.287. The first-order chi connectivity index (χ1) is 5.77. The first-order valence-corrected chi connectivity index (χ1v) is 5.12. The molecule has 0 amide bonds. The molecule has 0 radical (unpaired) electrons. The largest absolute Gasteiger partial charge is 0.480 e. The molecule has 0 spiro atoms. The second kappa shape index (κ2) is 3.02. The van der Waals surface area contributed by atoms with Crippen molar-refractivity contribution in [2.75, 3.05) is 0 Å². The van der Waals surface area contributed by atoms with Crippen LogP contribution in [0.2, 0.25) is 0 Å². The number of benzene rings is 1. The van der Waals surface area contributed by atoms with Crippen LogP contribution in [0.3, 0.4) is 0 Å². The Labute approximate surface area is 77.1 Å². The zero-order chi connectivity index (χ0) is 8.55. The van der Waals surface area contributed by atoms with Crippen molar-refractivity contribution < 1.29 is 4.74 Å². The minimum absolute atomic E-state index is 0.287. The zero-order valence-electron chi connectivity index (χ0n) is 7.28. The number of hydrogen-bond acceptors (Lipinski definition) is 2. The third-order valence-corrected chi connectivity index (χ3v) is 3.19. The number of thioether (sulfide) groups is 1. The number of fused-ring (bicyclic) bond motifs is 1. The molecule has 12 heavy (non-hydrogen) atoms. The molecule has 1 aromatic carbocycles.